The van der Waals surface area contributed by atoms with Crippen LogP contribution in [0.2, 0.25) is 0 Å². The van der Waals surface area contributed by atoms with Gasteiger partial charge in [-0.25, -0.2) is 9.97 Å². The average molecular weight is 253 g/mol. The van der Waals surface area contributed by atoms with Crippen molar-refractivity contribution in [1.29, 1.82) is 0 Å². The molecule has 0 aliphatic carbocycles. The molecular formula is C15H12FN3. The molecule has 0 spiro atoms. The van der Waals surface area contributed by atoms with Crippen molar-refractivity contribution in [2.75, 3.05) is 5.32 Å². The SMILES string of the molecule is Fc1nc2ccccc2nc1NCc1ccccc1. The zero-order chi connectivity index (χ0) is 13.1. The van der Waals surface area contributed by atoms with Crippen LogP contribution in [0.1, 0.15) is 5.56 Å². The minimum Gasteiger partial charge on any atom is -0.362 e. The van der Waals surface area contributed by atoms with Gasteiger partial charge >= 0.3 is 0 Å². The van der Waals surface area contributed by atoms with Crippen LogP contribution in [0.5, 0.6) is 0 Å². The van der Waals surface area contributed by atoms with Gasteiger partial charge in [0.25, 0.3) is 5.95 Å². The van der Waals surface area contributed by atoms with Gasteiger partial charge in [0.15, 0.2) is 5.82 Å². The summed E-state index contributed by atoms with van der Waals surface area (Å²) in [5.41, 5.74) is 2.31. The largest absolute Gasteiger partial charge is 0.362 e. The number of fused-ring (bicyclic) bond motifs is 1. The molecule has 1 aromatic heterocycles. The van der Waals surface area contributed by atoms with Gasteiger partial charge in [0.1, 0.15) is 0 Å². The second kappa shape index (κ2) is 5.02. The highest BCUT2D eigenvalue weighted by Gasteiger charge is 2.07. The maximum absolute atomic E-state index is 13.8. The zero-order valence-electron chi connectivity index (χ0n) is 10.2. The lowest BCUT2D eigenvalue weighted by Gasteiger charge is -2.07. The van der Waals surface area contributed by atoms with Crippen LogP contribution in [-0.2, 0) is 6.54 Å². The summed E-state index contributed by atoms with van der Waals surface area (Å²) in [7, 11) is 0. The lowest BCUT2D eigenvalue weighted by atomic mass is 10.2. The summed E-state index contributed by atoms with van der Waals surface area (Å²) in [6.45, 7) is 0.519. The molecule has 2 aromatic carbocycles. The van der Waals surface area contributed by atoms with E-state index in [1.165, 1.54) is 0 Å². The predicted molar refractivity (Wildman–Crippen MR) is 73.3 cm³/mol. The highest BCUT2D eigenvalue weighted by atomic mass is 19.1. The van der Waals surface area contributed by atoms with Gasteiger partial charge in [0.05, 0.1) is 11.0 Å². The smallest absolute Gasteiger partial charge is 0.256 e. The Bertz CT molecular complexity index is 698. The Balaban J connectivity index is 1.86. The minimum atomic E-state index is -0.574. The van der Waals surface area contributed by atoms with Crippen LogP contribution in [0.3, 0.4) is 0 Å². The van der Waals surface area contributed by atoms with Crippen molar-refractivity contribution in [2.45, 2.75) is 6.54 Å². The fraction of sp³-hybridized carbons (Fsp3) is 0.0667. The van der Waals surface area contributed by atoms with Crippen molar-refractivity contribution in [1.82, 2.24) is 9.97 Å². The Kier molecular flexibility index (Phi) is 3.06. The third-order valence-corrected chi connectivity index (χ3v) is 2.83. The fourth-order valence-electron chi connectivity index (χ4n) is 1.87. The van der Waals surface area contributed by atoms with E-state index in [9.17, 15) is 4.39 Å². The van der Waals surface area contributed by atoms with E-state index in [0.29, 0.717) is 17.6 Å². The summed E-state index contributed by atoms with van der Waals surface area (Å²) >= 11 is 0. The molecule has 0 aliphatic heterocycles. The fourth-order valence-corrected chi connectivity index (χ4v) is 1.87. The molecule has 0 aliphatic rings. The molecule has 3 rings (SSSR count). The van der Waals surface area contributed by atoms with Gasteiger partial charge in [-0.05, 0) is 17.7 Å². The third-order valence-electron chi connectivity index (χ3n) is 2.83. The average Bonchev–Trinajstić information content (AvgIpc) is 2.46. The van der Waals surface area contributed by atoms with E-state index in [1.54, 1.807) is 6.07 Å². The van der Waals surface area contributed by atoms with Gasteiger partial charge in [0, 0.05) is 6.54 Å². The summed E-state index contributed by atoms with van der Waals surface area (Å²) in [6, 6.07) is 17.0. The van der Waals surface area contributed by atoms with Crippen molar-refractivity contribution in [3.63, 3.8) is 0 Å². The highest BCUT2D eigenvalue weighted by Crippen LogP contribution is 2.16. The topological polar surface area (TPSA) is 37.8 Å². The summed E-state index contributed by atoms with van der Waals surface area (Å²) in [4.78, 5) is 8.14. The van der Waals surface area contributed by atoms with Crippen LogP contribution >= 0.6 is 0 Å². The van der Waals surface area contributed by atoms with Gasteiger partial charge in [-0.1, -0.05) is 42.5 Å². The molecule has 1 heterocycles. The first-order valence-corrected chi connectivity index (χ1v) is 6.03. The Morgan fingerprint density at radius 3 is 2.21 bits per heavy atom. The van der Waals surface area contributed by atoms with E-state index in [4.69, 9.17) is 0 Å². The molecule has 0 unspecified atom stereocenters. The lowest BCUT2D eigenvalue weighted by molar-refractivity contribution is 0.586. The summed E-state index contributed by atoms with van der Waals surface area (Å²) in [6.07, 6.45) is 0. The molecule has 0 fully saturated rings. The summed E-state index contributed by atoms with van der Waals surface area (Å²) < 4.78 is 13.8. The van der Waals surface area contributed by atoms with Crippen LogP contribution in [0.15, 0.2) is 54.6 Å². The molecule has 19 heavy (non-hydrogen) atoms. The number of hydrogen-bond acceptors (Lipinski definition) is 3. The molecule has 0 bridgehead atoms. The van der Waals surface area contributed by atoms with Crippen LogP contribution in [0.25, 0.3) is 11.0 Å². The minimum absolute atomic E-state index is 0.183. The number of halogens is 1. The number of nitrogens with one attached hydrogen (secondary N) is 1. The molecule has 3 aromatic rings. The molecular weight excluding hydrogens is 241 g/mol. The van der Waals surface area contributed by atoms with Crippen molar-refractivity contribution >= 4 is 16.9 Å². The van der Waals surface area contributed by atoms with Gasteiger partial charge < -0.3 is 5.32 Å². The second-order valence-electron chi connectivity index (χ2n) is 4.19. The van der Waals surface area contributed by atoms with Crippen molar-refractivity contribution in [3.05, 3.63) is 66.1 Å². The second-order valence-corrected chi connectivity index (χ2v) is 4.19. The standard InChI is InChI=1S/C15H12FN3/c16-14-15(17-10-11-6-2-1-3-7-11)19-13-9-5-4-8-12(13)18-14/h1-9H,10H2,(H,17,19). The molecule has 0 atom stereocenters. The number of anilines is 1. The Morgan fingerprint density at radius 2 is 1.47 bits per heavy atom. The van der Waals surface area contributed by atoms with E-state index in [0.717, 1.165) is 5.56 Å². The van der Waals surface area contributed by atoms with Crippen LogP contribution in [0.4, 0.5) is 10.2 Å². The van der Waals surface area contributed by atoms with E-state index < -0.39 is 5.95 Å². The summed E-state index contributed by atoms with van der Waals surface area (Å²) in [5, 5.41) is 2.97. The monoisotopic (exact) mass is 253 g/mol. The van der Waals surface area contributed by atoms with Crippen LogP contribution < -0.4 is 5.32 Å². The van der Waals surface area contributed by atoms with Crippen LogP contribution in [-0.4, -0.2) is 9.97 Å². The predicted octanol–water partition coefficient (Wildman–Crippen LogP) is 3.38. The first kappa shape index (κ1) is 11.6. The van der Waals surface area contributed by atoms with Gasteiger partial charge in [0.2, 0.25) is 0 Å². The number of nitrogens with zero attached hydrogens (tertiary/aromatic N) is 2. The number of hydrogen-bond donors (Lipinski definition) is 1. The maximum Gasteiger partial charge on any atom is 0.256 e. The van der Waals surface area contributed by atoms with Crippen molar-refractivity contribution < 1.29 is 4.39 Å². The Hall–Kier alpha value is -2.49. The van der Waals surface area contributed by atoms with E-state index in [2.05, 4.69) is 15.3 Å². The number of rotatable bonds is 3. The first-order valence-electron chi connectivity index (χ1n) is 6.03. The highest BCUT2D eigenvalue weighted by molar-refractivity contribution is 5.75. The van der Waals surface area contributed by atoms with E-state index in [1.807, 2.05) is 48.5 Å². The van der Waals surface area contributed by atoms with E-state index >= 15 is 0 Å². The zero-order valence-corrected chi connectivity index (χ0v) is 10.2. The number of para-hydroxylation sites is 2. The number of aromatic nitrogens is 2. The maximum atomic E-state index is 13.8. The first-order chi connectivity index (χ1) is 9.33. The normalized spacial score (nSPS) is 10.6. The molecule has 94 valence electrons. The van der Waals surface area contributed by atoms with Crippen molar-refractivity contribution in [2.24, 2.45) is 0 Å². The molecule has 0 saturated carbocycles. The van der Waals surface area contributed by atoms with Crippen LogP contribution in [0, 0.1) is 5.95 Å². The molecule has 4 heteroatoms. The number of benzene rings is 2. The Labute approximate surface area is 110 Å². The van der Waals surface area contributed by atoms with Gasteiger partial charge in [-0.15, -0.1) is 0 Å². The van der Waals surface area contributed by atoms with E-state index in [-0.39, 0.29) is 5.82 Å². The van der Waals surface area contributed by atoms with Gasteiger partial charge in [-0.2, -0.15) is 4.39 Å². The third kappa shape index (κ3) is 2.52. The van der Waals surface area contributed by atoms with Crippen molar-refractivity contribution in [3.8, 4) is 0 Å². The molecule has 0 radical (unpaired) electrons. The quantitative estimate of drug-likeness (QED) is 0.777. The molecule has 3 nitrogen and oxygen atoms in total. The molecule has 0 amide bonds. The molecule has 1 N–H and O–H groups in total. The van der Waals surface area contributed by atoms with Gasteiger partial charge in [-0.3, -0.25) is 0 Å². The lowest BCUT2D eigenvalue weighted by Crippen LogP contribution is -2.05. The molecule has 0 saturated heterocycles. The summed E-state index contributed by atoms with van der Waals surface area (Å²) in [5.74, 6) is -0.391. The Morgan fingerprint density at radius 1 is 0.842 bits per heavy atom.